The summed E-state index contributed by atoms with van der Waals surface area (Å²) < 4.78 is 9.27. The van der Waals surface area contributed by atoms with Gasteiger partial charge in [-0.25, -0.2) is 29.9 Å². The van der Waals surface area contributed by atoms with Crippen molar-refractivity contribution >= 4 is 87.5 Å². The lowest BCUT2D eigenvalue weighted by molar-refractivity contribution is 1.07. The summed E-state index contributed by atoms with van der Waals surface area (Å²) >= 11 is 0. The third-order valence-corrected chi connectivity index (χ3v) is 21.3. The molecule has 0 unspecified atom stereocenters. The van der Waals surface area contributed by atoms with Crippen LogP contribution in [-0.4, -0.2) is 58.1 Å². The number of aromatic nitrogens is 12. The second-order valence-electron chi connectivity index (χ2n) is 27.9. The molecule has 0 bridgehead atoms. The second-order valence-corrected chi connectivity index (χ2v) is 27.9. The van der Waals surface area contributed by atoms with Gasteiger partial charge in [0.2, 0.25) is 0 Å². The van der Waals surface area contributed by atoms with E-state index in [1.807, 2.05) is 134 Å². The lowest BCUT2D eigenvalue weighted by Gasteiger charge is -2.13. The van der Waals surface area contributed by atoms with Gasteiger partial charge in [-0.3, -0.25) is 19.1 Å². The summed E-state index contributed by atoms with van der Waals surface area (Å²) in [5, 5.41) is 9.46. The van der Waals surface area contributed by atoms with Crippen molar-refractivity contribution in [1.82, 2.24) is 58.1 Å². The number of hydrogen-bond acceptors (Lipinski definition) is 8. The maximum absolute atomic E-state index is 5.01. The summed E-state index contributed by atoms with van der Waals surface area (Å²) in [7, 11) is 0. The second kappa shape index (κ2) is 27.4. The first-order valence-corrected chi connectivity index (χ1v) is 37.4. The SMILES string of the molecule is c1ccc(-c2nc(-c3ccccc3)nc(-c3ccc(-n4c5ccccc5c5c(-c6ccc7c(c6)c6cccnc6n7-c6ccccc6)cccc54)cc3)n2)cc1.c1ccc(-n2c3ccc(-c4cccc5c4c4ccccc4n5-c4cccc(-c5cc(-c6ccccn6)nc(-c6ccccn6)c5)c4)cc3c3cccnc32)cc1. The van der Waals surface area contributed by atoms with Gasteiger partial charge in [-0.2, -0.15) is 0 Å². The van der Waals surface area contributed by atoms with E-state index in [-0.39, 0.29) is 0 Å². The topological polar surface area (TPSA) is 123 Å². The van der Waals surface area contributed by atoms with Gasteiger partial charge in [0.25, 0.3) is 0 Å². The smallest absolute Gasteiger partial charge is 0.164 e. The molecule has 0 spiro atoms. The number of hydrogen-bond donors (Lipinski definition) is 0. The number of fused-ring (bicyclic) bond motifs is 12. The number of benzene rings is 12. The monoisotopic (exact) mass is 1430 g/mol. The third kappa shape index (κ3) is 11.3. The van der Waals surface area contributed by atoms with Crippen molar-refractivity contribution in [1.29, 1.82) is 0 Å². The lowest BCUT2D eigenvalue weighted by Crippen LogP contribution is -2.00. The number of nitrogens with zero attached hydrogens (tertiary/aromatic N) is 12. The van der Waals surface area contributed by atoms with Gasteiger partial charge in [0.15, 0.2) is 17.5 Å². The third-order valence-electron chi connectivity index (χ3n) is 21.3. The first-order valence-electron chi connectivity index (χ1n) is 37.4. The van der Waals surface area contributed by atoms with Crippen LogP contribution in [0.4, 0.5) is 0 Å². The van der Waals surface area contributed by atoms with Crippen LogP contribution < -0.4 is 0 Å². The number of para-hydroxylation sites is 4. The minimum atomic E-state index is 0.632. The maximum Gasteiger partial charge on any atom is 0.164 e. The van der Waals surface area contributed by atoms with E-state index in [4.69, 9.17) is 29.9 Å². The van der Waals surface area contributed by atoms with E-state index in [0.29, 0.717) is 17.5 Å². The standard InChI is InChI=1S/2C50H32N6/c1-4-14-33(15-5-1)47-52-48(34-16-6-2-7-17-34)54-49(53-47)35-25-28-38(29-26-35)55-43-23-11-10-20-41(43)46-39(21-12-24-45(46)55)36-27-30-44-42(32-36)40-22-13-31-51-50(40)56(44)37-18-8-3-9-19-37;1-2-14-36(15-3-1)56-47-25-24-34(30-41(47)39-19-12-28-53-50(39)56)38-18-11-23-48-49(38)40-17-4-5-22-46(40)55(48)37-16-10-13-33(29-37)35-31-44(42-20-6-8-26-51-42)54-45(32-35)43-21-7-9-27-52-43/h2*1-32H. The van der Waals surface area contributed by atoms with E-state index < -0.39 is 0 Å². The van der Waals surface area contributed by atoms with Crippen LogP contribution in [0.3, 0.4) is 0 Å². The Kier molecular flexibility index (Phi) is 15.9. The molecule has 0 atom stereocenters. The Hall–Kier alpha value is -15.4. The normalized spacial score (nSPS) is 11.6. The van der Waals surface area contributed by atoms with E-state index in [9.17, 15) is 0 Å². The highest BCUT2D eigenvalue weighted by molar-refractivity contribution is 6.19. The number of pyridine rings is 5. The average molecular weight is 1430 g/mol. The summed E-state index contributed by atoms with van der Waals surface area (Å²) in [4.78, 5) is 38.8. The molecule has 0 radical (unpaired) electrons. The van der Waals surface area contributed by atoms with E-state index in [1.165, 1.54) is 43.4 Å². The highest BCUT2D eigenvalue weighted by atomic mass is 15.1. The van der Waals surface area contributed by atoms with Crippen LogP contribution in [0.2, 0.25) is 0 Å². The summed E-state index contributed by atoms with van der Waals surface area (Å²) in [5.74, 6) is 1.92. The molecule has 22 aromatic rings. The summed E-state index contributed by atoms with van der Waals surface area (Å²) in [6, 6.07) is 127. The molecule has 112 heavy (non-hydrogen) atoms. The van der Waals surface area contributed by atoms with Gasteiger partial charge >= 0.3 is 0 Å². The van der Waals surface area contributed by atoms with Crippen LogP contribution in [0, 0.1) is 0 Å². The van der Waals surface area contributed by atoms with Crippen LogP contribution in [0.15, 0.2) is 389 Å². The van der Waals surface area contributed by atoms with Gasteiger partial charge in [-0.1, -0.05) is 194 Å². The molecule has 12 nitrogen and oxygen atoms in total. The van der Waals surface area contributed by atoms with Crippen molar-refractivity contribution in [3.63, 3.8) is 0 Å². The van der Waals surface area contributed by atoms with Crippen molar-refractivity contribution in [3.05, 3.63) is 389 Å². The van der Waals surface area contributed by atoms with Crippen LogP contribution in [0.25, 0.3) is 201 Å². The molecule has 0 saturated heterocycles. The Morgan fingerprint density at radius 2 is 0.545 bits per heavy atom. The Morgan fingerprint density at radius 3 is 1.03 bits per heavy atom. The molecular weight excluding hydrogens is 1370 g/mol. The van der Waals surface area contributed by atoms with E-state index in [2.05, 4.69) is 271 Å². The van der Waals surface area contributed by atoms with Crippen molar-refractivity contribution < 1.29 is 0 Å². The lowest BCUT2D eigenvalue weighted by atomic mass is 9.98. The fourth-order valence-electron chi connectivity index (χ4n) is 16.3. The first-order chi connectivity index (χ1) is 55.6. The largest absolute Gasteiger partial charge is 0.309 e. The highest BCUT2D eigenvalue weighted by Crippen LogP contribution is 2.45. The average Bonchev–Trinajstić information content (AvgIpc) is 1.58. The van der Waals surface area contributed by atoms with Crippen LogP contribution in [0.5, 0.6) is 0 Å². The Bertz CT molecular complexity index is 7230. The minimum Gasteiger partial charge on any atom is -0.309 e. The Morgan fingerprint density at radius 1 is 0.179 bits per heavy atom. The van der Waals surface area contributed by atoms with Crippen molar-refractivity contribution in [2.24, 2.45) is 0 Å². The molecule has 524 valence electrons. The first kappa shape index (κ1) is 64.9. The van der Waals surface area contributed by atoms with Crippen molar-refractivity contribution in [2.75, 3.05) is 0 Å². The van der Waals surface area contributed by atoms with Gasteiger partial charge in [-0.15, -0.1) is 0 Å². The van der Waals surface area contributed by atoms with E-state index in [1.54, 1.807) is 12.4 Å². The fourth-order valence-corrected chi connectivity index (χ4v) is 16.3. The molecule has 12 aromatic carbocycles. The predicted molar refractivity (Wildman–Crippen MR) is 456 cm³/mol. The van der Waals surface area contributed by atoms with Crippen LogP contribution >= 0.6 is 0 Å². The highest BCUT2D eigenvalue weighted by Gasteiger charge is 2.23. The Labute approximate surface area is 643 Å². The summed E-state index contributed by atoms with van der Waals surface area (Å²) in [6.45, 7) is 0. The molecule has 10 aromatic heterocycles. The summed E-state index contributed by atoms with van der Waals surface area (Å²) in [6.07, 6.45) is 7.36. The molecule has 10 heterocycles. The summed E-state index contributed by atoms with van der Waals surface area (Å²) in [5.41, 5.74) is 26.0. The van der Waals surface area contributed by atoms with Gasteiger partial charge in [-0.05, 0) is 203 Å². The zero-order valence-electron chi connectivity index (χ0n) is 60.3. The number of rotatable bonds is 12. The predicted octanol–water partition coefficient (Wildman–Crippen LogP) is 24.3. The molecule has 0 amide bonds. The van der Waals surface area contributed by atoms with Gasteiger partial charge in [0, 0.05) is 107 Å². The zero-order valence-corrected chi connectivity index (χ0v) is 60.3. The van der Waals surface area contributed by atoms with Gasteiger partial charge in [0.05, 0.1) is 55.9 Å². The van der Waals surface area contributed by atoms with E-state index >= 15 is 0 Å². The quantitative estimate of drug-likeness (QED) is 0.119. The zero-order chi connectivity index (χ0) is 74.0. The van der Waals surface area contributed by atoms with Gasteiger partial charge < -0.3 is 9.13 Å². The maximum atomic E-state index is 5.01. The van der Waals surface area contributed by atoms with Gasteiger partial charge in [0.1, 0.15) is 11.3 Å². The molecule has 0 aliphatic carbocycles. The van der Waals surface area contributed by atoms with Crippen LogP contribution in [-0.2, 0) is 0 Å². The fraction of sp³-hybridized carbons (Fsp3) is 0. The molecule has 0 saturated carbocycles. The van der Waals surface area contributed by atoms with Crippen molar-refractivity contribution in [2.45, 2.75) is 0 Å². The molecular formula is C100H64N12. The molecule has 0 aliphatic rings. The Balaban J connectivity index is 0.000000141. The van der Waals surface area contributed by atoms with Crippen molar-refractivity contribution in [3.8, 4) is 113 Å². The molecule has 0 aliphatic heterocycles. The minimum absolute atomic E-state index is 0.632. The molecule has 0 N–H and O–H groups in total. The molecule has 12 heteroatoms. The molecule has 0 fully saturated rings. The molecule has 22 rings (SSSR count). The van der Waals surface area contributed by atoms with Crippen LogP contribution in [0.1, 0.15) is 0 Å². The van der Waals surface area contributed by atoms with E-state index in [0.717, 1.165) is 140 Å².